The van der Waals surface area contributed by atoms with Gasteiger partial charge in [-0.2, -0.15) is 15.8 Å². The number of aliphatic hydroxyl groups is 1. The topological polar surface area (TPSA) is 118 Å². The van der Waals surface area contributed by atoms with Gasteiger partial charge in [0.1, 0.15) is 18.7 Å². The lowest BCUT2D eigenvalue weighted by molar-refractivity contribution is -0.145. The zero-order chi connectivity index (χ0) is 17.5. The number of nitrogens with zero attached hydrogens (tertiary/aromatic N) is 3. The summed E-state index contributed by atoms with van der Waals surface area (Å²) in [5.74, 6) is -0.0724. The van der Waals surface area contributed by atoms with E-state index >= 15 is 0 Å². The summed E-state index contributed by atoms with van der Waals surface area (Å²) in [5.41, 5.74) is 1.68. The van der Waals surface area contributed by atoms with Gasteiger partial charge in [-0.05, 0) is 48.8 Å². The van der Waals surface area contributed by atoms with Gasteiger partial charge in [-0.1, -0.05) is 0 Å². The molecule has 0 saturated heterocycles. The van der Waals surface area contributed by atoms with Crippen LogP contribution in [0, 0.1) is 39.9 Å². The number of aliphatic hydroxyl groups excluding tert-OH is 1. The lowest BCUT2D eigenvalue weighted by Gasteiger charge is -2.14. The largest absolute Gasteiger partial charge is 0.463 e. The molecule has 1 saturated carbocycles. The van der Waals surface area contributed by atoms with Crippen molar-refractivity contribution < 1.29 is 14.6 Å². The second-order valence-corrected chi connectivity index (χ2v) is 5.84. The fourth-order valence-electron chi connectivity index (χ4n) is 3.23. The maximum Gasteiger partial charge on any atom is 0.306 e. The number of carbonyl (C=O) groups excluding carboxylic acids is 1. The molecule has 1 N–H and O–H groups in total. The normalized spacial score (nSPS) is 19.1. The van der Waals surface area contributed by atoms with Crippen LogP contribution in [0.1, 0.15) is 53.9 Å². The van der Waals surface area contributed by atoms with Gasteiger partial charge >= 0.3 is 5.97 Å². The molecular weight excluding hydrogens is 306 g/mol. The minimum atomic E-state index is -0.326. The molecule has 0 unspecified atom stereocenters. The molecule has 6 nitrogen and oxygen atoms in total. The van der Waals surface area contributed by atoms with E-state index in [-0.39, 0.29) is 42.1 Å². The molecule has 6 heteroatoms. The number of esters is 1. The summed E-state index contributed by atoms with van der Waals surface area (Å²) in [7, 11) is 0. The Hall–Kier alpha value is -2.88. The van der Waals surface area contributed by atoms with E-state index in [1.807, 2.05) is 12.1 Å². The highest BCUT2D eigenvalue weighted by Gasteiger charge is 2.30. The quantitative estimate of drug-likeness (QED) is 0.829. The van der Waals surface area contributed by atoms with Gasteiger partial charge in [0, 0.05) is 6.42 Å². The van der Waals surface area contributed by atoms with Crippen LogP contribution in [0.3, 0.4) is 0 Å². The van der Waals surface area contributed by atoms with Crippen LogP contribution in [-0.4, -0.2) is 24.3 Å². The standard InChI is InChI=1S/C18H17N3O3/c19-9-14-7-16(11-21)17(8-15(14)10-20)13-2-1-12(5-13)6-18(23)24-4-3-22/h7-8,12-13,22H,1-6H2/t12-,13+/m1/s1. The van der Waals surface area contributed by atoms with Crippen molar-refractivity contribution in [1.29, 1.82) is 15.8 Å². The Morgan fingerprint density at radius 3 is 2.42 bits per heavy atom. The first-order valence-electron chi connectivity index (χ1n) is 7.77. The van der Waals surface area contributed by atoms with Gasteiger partial charge in [0.2, 0.25) is 0 Å². The van der Waals surface area contributed by atoms with Crippen molar-refractivity contribution >= 4 is 5.97 Å². The molecule has 0 radical (unpaired) electrons. The summed E-state index contributed by atoms with van der Waals surface area (Å²) < 4.78 is 4.89. The van der Waals surface area contributed by atoms with Crippen LogP contribution < -0.4 is 0 Å². The molecule has 24 heavy (non-hydrogen) atoms. The molecule has 1 fully saturated rings. The first-order chi connectivity index (χ1) is 11.6. The van der Waals surface area contributed by atoms with Crippen molar-refractivity contribution in [3.8, 4) is 18.2 Å². The number of hydrogen-bond acceptors (Lipinski definition) is 6. The van der Waals surface area contributed by atoms with Crippen LogP contribution in [0.2, 0.25) is 0 Å². The Morgan fingerprint density at radius 2 is 1.79 bits per heavy atom. The first-order valence-corrected chi connectivity index (χ1v) is 7.77. The highest BCUT2D eigenvalue weighted by atomic mass is 16.5. The zero-order valence-corrected chi connectivity index (χ0v) is 13.2. The molecule has 122 valence electrons. The third kappa shape index (κ3) is 3.90. The van der Waals surface area contributed by atoms with Gasteiger partial charge in [-0.15, -0.1) is 0 Å². The van der Waals surface area contributed by atoms with Crippen molar-refractivity contribution in [2.75, 3.05) is 13.2 Å². The smallest absolute Gasteiger partial charge is 0.306 e. The summed E-state index contributed by atoms with van der Waals surface area (Å²) in [5, 5.41) is 36.2. The first kappa shape index (κ1) is 17.5. The van der Waals surface area contributed by atoms with E-state index in [4.69, 9.17) is 20.4 Å². The molecular formula is C18H17N3O3. The van der Waals surface area contributed by atoms with E-state index in [1.54, 1.807) is 6.07 Å². The van der Waals surface area contributed by atoms with Gasteiger partial charge in [-0.3, -0.25) is 4.79 Å². The summed E-state index contributed by atoms with van der Waals surface area (Å²) in [6.45, 7) is -0.179. The number of nitriles is 3. The van der Waals surface area contributed by atoms with Gasteiger partial charge in [0.15, 0.2) is 0 Å². The van der Waals surface area contributed by atoms with Crippen molar-refractivity contribution in [1.82, 2.24) is 0 Å². The Bertz CT molecular complexity index is 752. The molecule has 0 heterocycles. The minimum Gasteiger partial charge on any atom is -0.463 e. The van der Waals surface area contributed by atoms with Crippen molar-refractivity contribution in [2.24, 2.45) is 5.92 Å². The van der Waals surface area contributed by atoms with E-state index in [9.17, 15) is 10.1 Å². The van der Waals surface area contributed by atoms with Crippen LogP contribution in [-0.2, 0) is 9.53 Å². The van der Waals surface area contributed by atoms with Crippen molar-refractivity contribution in [2.45, 2.75) is 31.6 Å². The molecule has 1 aromatic carbocycles. The van der Waals surface area contributed by atoms with Crippen LogP contribution in [0.25, 0.3) is 0 Å². The van der Waals surface area contributed by atoms with E-state index in [2.05, 4.69) is 6.07 Å². The maximum atomic E-state index is 11.6. The molecule has 1 aliphatic rings. The molecule has 2 atom stereocenters. The summed E-state index contributed by atoms with van der Waals surface area (Å²) in [6.07, 6.45) is 2.69. The SMILES string of the molecule is N#Cc1cc(C#N)c([C@H]2CC[C@@H](CC(=O)OCCO)C2)cc1C#N. The number of carbonyl (C=O) groups is 1. The molecule has 0 bridgehead atoms. The van der Waals surface area contributed by atoms with Crippen molar-refractivity contribution in [3.05, 3.63) is 34.4 Å². The number of benzene rings is 1. The van der Waals surface area contributed by atoms with E-state index < -0.39 is 0 Å². The highest BCUT2D eigenvalue weighted by Crippen LogP contribution is 2.41. The Morgan fingerprint density at radius 1 is 1.12 bits per heavy atom. The van der Waals surface area contributed by atoms with Gasteiger partial charge < -0.3 is 9.84 Å². The summed E-state index contributed by atoms with van der Waals surface area (Å²) in [4.78, 5) is 11.6. The number of hydrogen-bond donors (Lipinski definition) is 1. The molecule has 0 amide bonds. The van der Waals surface area contributed by atoms with Crippen LogP contribution in [0.15, 0.2) is 12.1 Å². The highest BCUT2D eigenvalue weighted by molar-refractivity contribution is 5.69. The van der Waals surface area contributed by atoms with E-state index in [1.165, 1.54) is 6.07 Å². The Labute approximate surface area is 140 Å². The Balaban J connectivity index is 2.14. The minimum absolute atomic E-state index is 0.00864. The van der Waals surface area contributed by atoms with Crippen molar-refractivity contribution in [3.63, 3.8) is 0 Å². The van der Waals surface area contributed by atoms with E-state index in [0.717, 1.165) is 24.8 Å². The predicted octanol–water partition coefficient (Wildman–Crippen LogP) is 2.11. The van der Waals surface area contributed by atoms with Gasteiger partial charge in [-0.25, -0.2) is 0 Å². The third-order valence-corrected chi connectivity index (χ3v) is 4.34. The monoisotopic (exact) mass is 323 g/mol. The molecule has 2 rings (SSSR count). The second kappa shape index (κ2) is 8.11. The van der Waals surface area contributed by atoms with Gasteiger partial charge in [0.25, 0.3) is 0 Å². The fraction of sp³-hybridized carbons (Fsp3) is 0.444. The lowest BCUT2D eigenvalue weighted by atomic mass is 9.89. The fourth-order valence-corrected chi connectivity index (χ4v) is 3.23. The van der Waals surface area contributed by atoms with Crippen LogP contribution >= 0.6 is 0 Å². The average Bonchev–Trinajstić information content (AvgIpc) is 3.06. The average molecular weight is 323 g/mol. The van der Waals surface area contributed by atoms with E-state index in [0.29, 0.717) is 12.0 Å². The molecule has 0 spiro atoms. The maximum absolute atomic E-state index is 11.6. The summed E-state index contributed by atoms with van der Waals surface area (Å²) in [6, 6.07) is 9.14. The lowest BCUT2D eigenvalue weighted by Crippen LogP contribution is -2.12. The molecule has 1 aromatic rings. The molecule has 1 aliphatic carbocycles. The molecule has 0 aromatic heterocycles. The third-order valence-electron chi connectivity index (χ3n) is 4.34. The zero-order valence-electron chi connectivity index (χ0n) is 13.2. The number of ether oxygens (including phenoxy) is 1. The summed E-state index contributed by atoms with van der Waals surface area (Å²) >= 11 is 0. The second-order valence-electron chi connectivity index (χ2n) is 5.84. The van der Waals surface area contributed by atoms with Gasteiger partial charge in [0.05, 0.1) is 29.4 Å². The predicted molar refractivity (Wildman–Crippen MR) is 83.3 cm³/mol. The van der Waals surface area contributed by atoms with Crippen LogP contribution in [0.4, 0.5) is 0 Å². The molecule has 0 aliphatic heterocycles. The number of rotatable bonds is 5. The van der Waals surface area contributed by atoms with Crippen LogP contribution in [0.5, 0.6) is 0 Å². The Kier molecular flexibility index (Phi) is 5.90.